The van der Waals surface area contributed by atoms with Gasteiger partial charge in [0, 0.05) is 22.8 Å². The molecule has 3 nitrogen and oxygen atoms in total. The molecular weight excluding hydrogens is 272 g/mol. The monoisotopic (exact) mass is 286 g/mol. The topological polar surface area (TPSA) is 46.3 Å². The summed E-state index contributed by atoms with van der Waals surface area (Å²) in [6.45, 7) is 0.562. The van der Waals surface area contributed by atoms with Gasteiger partial charge in [0.05, 0.1) is 6.54 Å². The van der Waals surface area contributed by atoms with E-state index in [9.17, 15) is 4.79 Å². The van der Waals surface area contributed by atoms with Crippen LogP contribution < -0.4 is 10.6 Å². The molecule has 0 aliphatic carbocycles. The van der Waals surface area contributed by atoms with Crippen LogP contribution in [0.3, 0.4) is 0 Å². The van der Waals surface area contributed by atoms with Gasteiger partial charge in [-0.25, -0.2) is 0 Å². The van der Waals surface area contributed by atoms with Crippen LogP contribution in [-0.4, -0.2) is 5.91 Å². The lowest BCUT2D eigenvalue weighted by Gasteiger charge is -2.29. The quantitative estimate of drug-likeness (QED) is 0.860. The molecule has 0 bridgehead atoms. The number of nitrogens with zero attached hydrogens (tertiary/aromatic N) is 1. The summed E-state index contributed by atoms with van der Waals surface area (Å²) in [6, 6.07) is 13.3. The number of fused-ring (bicyclic) bond motifs is 1. The largest absolute Gasteiger partial charge is 0.399 e. The van der Waals surface area contributed by atoms with Gasteiger partial charge in [0.1, 0.15) is 0 Å². The Labute approximate surface area is 123 Å². The second kappa shape index (κ2) is 5.17. The molecule has 0 unspecified atom stereocenters. The van der Waals surface area contributed by atoms with Crippen molar-refractivity contribution in [1.29, 1.82) is 0 Å². The summed E-state index contributed by atoms with van der Waals surface area (Å²) in [7, 11) is 0. The summed E-state index contributed by atoms with van der Waals surface area (Å²) in [5.41, 5.74) is 9.72. The third-order valence-corrected chi connectivity index (χ3v) is 3.81. The third-order valence-electron chi connectivity index (χ3n) is 3.56. The van der Waals surface area contributed by atoms with Gasteiger partial charge in [0.15, 0.2) is 0 Å². The molecule has 0 aromatic heterocycles. The normalized spacial score (nSPS) is 14.2. The van der Waals surface area contributed by atoms with Gasteiger partial charge < -0.3 is 10.6 Å². The highest BCUT2D eigenvalue weighted by molar-refractivity contribution is 6.30. The van der Waals surface area contributed by atoms with Crippen molar-refractivity contribution >= 4 is 28.9 Å². The first-order valence-corrected chi connectivity index (χ1v) is 6.94. The molecule has 2 aromatic carbocycles. The number of amides is 1. The lowest BCUT2D eigenvalue weighted by atomic mass is 10.00. The highest BCUT2D eigenvalue weighted by atomic mass is 35.5. The summed E-state index contributed by atoms with van der Waals surface area (Å²) in [5.74, 6) is 0.150. The minimum Gasteiger partial charge on any atom is -0.399 e. The maximum absolute atomic E-state index is 12.2. The zero-order chi connectivity index (χ0) is 14.1. The number of nitrogens with two attached hydrogens (primary N) is 1. The fourth-order valence-electron chi connectivity index (χ4n) is 2.53. The van der Waals surface area contributed by atoms with Gasteiger partial charge in [-0.1, -0.05) is 23.7 Å². The Hall–Kier alpha value is -2.00. The maximum Gasteiger partial charge on any atom is 0.227 e. The fraction of sp³-hybridized carbons (Fsp3) is 0.188. The molecule has 1 aliphatic rings. The van der Waals surface area contributed by atoms with E-state index in [0.717, 1.165) is 28.9 Å². The predicted octanol–water partition coefficient (Wildman–Crippen LogP) is 3.40. The Balaban J connectivity index is 1.93. The molecular formula is C16H15ClN2O. The van der Waals surface area contributed by atoms with Gasteiger partial charge in [-0.05, 0) is 47.9 Å². The Morgan fingerprint density at radius 1 is 1.10 bits per heavy atom. The average Bonchev–Trinajstić information content (AvgIpc) is 2.44. The molecule has 1 aliphatic heterocycles. The molecule has 0 spiro atoms. The Bertz CT molecular complexity index is 652. The van der Waals surface area contributed by atoms with Gasteiger partial charge in [-0.2, -0.15) is 0 Å². The van der Waals surface area contributed by atoms with E-state index in [-0.39, 0.29) is 5.91 Å². The average molecular weight is 287 g/mol. The molecule has 2 N–H and O–H groups in total. The number of rotatable bonds is 2. The fourth-order valence-corrected chi connectivity index (χ4v) is 2.65. The number of aryl methyl sites for hydroxylation is 1. The predicted molar refractivity (Wildman–Crippen MR) is 81.8 cm³/mol. The van der Waals surface area contributed by atoms with Crippen LogP contribution in [0.5, 0.6) is 0 Å². The van der Waals surface area contributed by atoms with E-state index in [2.05, 4.69) is 0 Å². The molecule has 0 atom stereocenters. The summed E-state index contributed by atoms with van der Waals surface area (Å²) in [5, 5.41) is 0.701. The summed E-state index contributed by atoms with van der Waals surface area (Å²) < 4.78 is 0. The molecule has 0 saturated heterocycles. The number of carbonyl (C=O) groups excluding carboxylic acids is 1. The standard InChI is InChI=1S/C16H15ClN2O/c17-13-4-1-11(2-5-13)10-19-15-7-6-14(18)9-12(15)3-8-16(19)20/h1-2,4-7,9H,3,8,10,18H2. The molecule has 3 rings (SSSR count). The smallest absolute Gasteiger partial charge is 0.227 e. The van der Waals surface area contributed by atoms with Gasteiger partial charge in [0.25, 0.3) is 0 Å². The number of benzene rings is 2. The number of halogens is 1. The molecule has 20 heavy (non-hydrogen) atoms. The number of hydrogen-bond donors (Lipinski definition) is 1. The lowest BCUT2D eigenvalue weighted by molar-refractivity contribution is -0.119. The van der Waals surface area contributed by atoms with Crippen LogP contribution in [0, 0.1) is 0 Å². The van der Waals surface area contributed by atoms with Crippen molar-refractivity contribution in [2.75, 3.05) is 10.6 Å². The lowest BCUT2D eigenvalue weighted by Crippen LogP contribution is -2.34. The second-order valence-corrected chi connectivity index (χ2v) is 5.43. The molecule has 4 heteroatoms. The van der Waals surface area contributed by atoms with E-state index in [1.54, 1.807) is 0 Å². The van der Waals surface area contributed by atoms with E-state index >= 15 is 0 Å². The molecule has 0 radical (unpaired) electrons. The van der Waals surface area contributed by atoms with Crippen LogP contribution in [-0.2, 0) is 17.8 Å². The van der Waals surface area contributed by atoms with Crippen LogP contribution in [0.25, 0.3) is 0 Å². The van der Waals surface area contributed by atoms with Crippen molar-refractivity contribution in [2.45, 2.75) is 19.4 Å². The van der Waals surface area contributed by atoms with Gasteiger partial charge in [-0.15, -0.1) is 0 Å². The second-order valence-electron chi connectivity index (χ2n) is 4.99. The molecule has 0 fully saturated rings. The van der Waals surface area contributed by atoms with Crippen molar-refractivity contribution in [1.82, 2.24) is 0 Å². The number of hydrogen-bond acceptors (Lipinski definition) is 2. The minimum atomic E-state index is 0.150. The van der Waals surface area contributed by atoms with Crippen molar-refractivity contribution in [3.63, 3.8) is 0 Å². The van der Waals surface area contributed by atoms with Gasteiger partial charge in [0.2, 0.25) is 5.91 Å². The van der Waals surface area contributed by atoms with Crippen molar-refractivity contribution in [3.8, 4) is 0 Å². The summed E-state index contributed by atoms with van der Waals surface area (Å²) in [6.07, 6.45) is 1.29. The number of carbonyl (C=O) groups is 1. The summed E-state index contributed by atoms with van der Waals surface area (Å²) in [4.78, 5) is 14.0. The highest BCUT2D eigenvalue weighted by Crippen LogP contribution is 2.30. The summed E-state index contributed by atoms with van der Waals surface area (Å²) >= 11 is 5.89. The molecule has 102 valence electrons. The van der Waals surface area contributed by atoms with Crippen LogP contribution >= 0.6 is 11.6 Å². The van der Waals surface area contributed by atoms with Gasteiger partial charge in [-0.3, -0.25) is 4.79 Å². The van der Waals surface area contributed by atoms with E-state index in [0.29, 0.717) is 18.0 Å². The van der Waals surface area contributed by atoms with Crippen molar-refractivity contribution in [2.24, 2.45) is 0 Å². The van der Waals surface area contributed by atoms with Crippen LogP contribution in [0.2, 0.25) is 5.02 Å². The Kier molecular flexibility index (Phi) is 3.36. The third kappa shape index (κ3) is 2.49. The maximum atomic E-state index is 12.2. The first-order chi connectivity index (χ1) is 9.63. The number of nitrogen functional groups attached to an aromatic ring is 1. The van der Waals surface area contributed by atoms with Crippen LogP contribution in [0.15, 0.2) is 42.5 Å². The Morgan fingerprint density at radius 3 is 2.60 bits per heavy atom. The first kappa shape index (κ1) is 13.0. The van der Waals surface area contributed by atoms with E-state index in [1.807, 2.05) is 47.4 Å². The van der Waals surface area contributed by atoms with Gasteiger partial charge >= 0.3 is 0 Å². The number of anilines is 2. The minimum absolute atomic E-state index is 0.150. The first-order valence-electron chi connectivity index (χ1n) is 6.57. The highest BCUT2D eigenvalue weighted by Gasteiger charge is 2.24. The van der Waals surface area contributed by atoms with Crippen LogP contribution in [0.1, 0.15) is 17.5 Å². The van der Waals surface area contributed by atoms with E-state index in [1.165, 1.54) is 0 Å². The zero-order valence-corrected chi connectivity index (χ0v) is 11.7. The SMILES string of the molecule is Nc1ccc2c(c1)CCC(=O)N2Cc1ccc(Cl)cc1. The zero-order valence-electron chi connectivity index (χ0n) is 11.0. The molecule has 2 aromatic rings. The Morgan fingerprint density at radius 2 is 1.85 bits per heavy atom. The van der Waals surface area contributed by atoms with Crippen LogP contribution in [0.4, 0.5) is 11.4 Å². The van der Waals surface area contributed by atoms with Crippen molar-refractivity contribution in [3.05, 3.63) is 58.6 Å². The van der Waals surface area contributed by atoms with E-state index < -0.39 is 0 Å². The van der Waals surface area contributed by atoms with E-state index in [4.69, 9.17) is 17.3 Å². The molecule has 1 amide bonds. The molecule has 1 heterocycles. The van der Waals surface area contributed by atoms with Crippen molar-refractivity contribution < 1.29 is 4.79 Å². The molecule has 0 saturated carbocycles.